The van der Waals surface area contributed by atoms with E-state index in [9.17, 15) is 0 Å². The first-order valence-electron chi connectivity index (χ1n) is 8.52. The lowest BCUT2D eigenvalue weighted by Crippen LogP contribution is -1.92. The van der Waals surface area contributed by atoms with Crippen LogP contribution in [0.2, 0.25) is 0 Å². The van der Waals surface area contributed by atoms with Crippen molar-refractivity contribution in [2.45, 2.75) is 31.6 Å². The maximum atomic E-state index is 4.52. The zero-order chi connectivity index (χ0) is 15.5. The van der Waals surface area contributed by atoms with Gasteiger partial charge in [-0.1, -0.05) is 67.4 Å². The van der Waals surface area contributed by atoms with Crippen molar-refractivity contribution in [1.29, 1.82) is 0 Å². The molecule has 1 aliphatic carbocycles. The van der Waals surface area contributed by atoms with Gasteiger partial charge in [0.05, 0.1) is 5.69 Å². The molecule has 1 fully saturated rings. The Morgan fingerprint density at radius 3 is 2.17 bits per heavy atom. The van der Waals surface area contributed by atoms with Gasteiger partial charge in [-0.05, 0) is 47.6 Å². The highest BCUT2D eigenvalue weighted by molar-refractivity contribution is 5.70. The quantitative estimate of drug-likeness (QED) is 0.571. The van der Waals surface area contributed by atoms with E-state index in [2.05, 4.69) is 65.6 Å². The van der Waals surface area contributed by atoms with Crippen molar-refractivity contribution in [2.75, 3.05) is 0 Å². The third-order valence-corrected chi connectivity index (χ3v) is 4.90. The highest BCUT2D eigenvalue weighted by Crippen LogP contribution is 2.35. The second-order valence-electron chi connectivity index (χ2n) is 6.40. The third kappa shape index (κ3) is 3.05. The lowest BCUT2D eigenvalue weighted by Gasteiger charge is -2.11. The molecule has 1 saturated carbocycles. The van der Waals surface area contributed by atoms with Crippen molar-refractivity contribution >= 4 is 0 Å². The van der Waals surface area contributed by atoms with Gasteiger partial charge in [0, 0.05) is 11.8 Å². The Bertz CT molecular complexity index is 769. The Labute approximate surface area is 138 Å². The highest BCUT2D eigenvalue weighted by Gasteiger charge is 2.16. The standard InChI is InChI=1S/C22H21N/c1-2-8-20(9-3-1)22-16-21(14-15-23-22)19-12-10-18(11-13-19)17-6-4-5-7-17/h1-3,8-17H,4-7H2. The van der Waals surface area contributed by atoms with E-state index in [-0.39, 0.29) is 0 Å². The van der Waals surface area contributed by atoms with Crippen LogP contribution in [-0.2, 0) is 0 Å². The summed E-state index contributed by atoms with van der Waals surface area (Å²) >= 11 is 0. The molecule has 1 aromatic heterocycles. The van der Waals surface area contributed by atoms with Crippen molar-refractivity contribution in [3.8, 4) is 22.4 Å². The molecule has 0 N–H and O–H groups in total. The summed E-state index contributed by atoms with van der Waals surface area (Å²) in [5, 5.41) is 0. The molecule has 0 bridgehead atoms. The van der Waals surface area contributed by atoms with E-state index in [0.29, 0.717) is 0 Å². The molecule has 1 nitrogen and oxygen atoms in total. The van der Waals surface area contributed by atoms with E-state index < -0.39 is 0 Å². The van der Waals surface area contributed by atoms with Crippen LogP contribution in [0.25, 0.3) is 22.4 Å². The molecule has 3 aromatic rings. The second-order valence-corrected chi connectivity index (χ2v) is 6.40. The lowest BCUT2D eigenvalue weighted by atomic mass is 9.95. The highest BCUT2D eigenvalue weighted by atomic mass is 14.7. The minimum absolute atomic E-state index is 0.779. The summed E-state index contributed by atoms with van der Waals surface area (Å²) < 4.78 is 0. The monoisotopic (exact) mass is 299 g/mol. The molecule has 114 valence electrons. The fourth-order valence-electron chi connectivity index (χ4n) is 3.58. The third-order valence-electron chi connectivity index (χ3n) is 4.90. The second kappa shape index (κ2) is 6.37. The number of hydrogen-bond acceptors (Lipinski definition) is 1. The van der Waals surface area contributed by atoms with Crippen LogP contribution in [0, 0.1) is 0 Å². The molecule has 0 aliphatic heterocycles. The van der Waals surface area contributed by atoms with Crippen molar-refractivity contribution in [1.82, 2.24) is 4.98 Å². The summed E-state index contributed by atoms with van der Waals surface area (Å²) in [5.41, 5.74) is 6.20. The largest absolute Gasteiger partial charge is 0.256 e. The van der Waals surface area contributed by atoms with Gasteiger partial charge in [-0.25, -0.2) is 0 Å². The molecule has 1 aliphatic rings. The van der Waals surface area contributed by atoms with Crippen LogP contribution in [0.5, 0.6) is 0 Å². The minimum Gasteiger partial charge on any atom is -0.256 e. The normalized spacial score (nSPS) is 15.0. The molecule has 1 heteroatoms. The first-order valence-corrected chi connectivity index (χ1v) is 8.52. The van der Waals surface area contributed by atoms with Crippen LogP contribution >= 0.6 is 0 Å². The van der Waals surface area contributed by atoms with E-state index in [1.165, 1.54) is 42.4 Å². The molecule has 0 amide bonds. The fourth-order valence-corrected chi connectivity index (χ4v) is 3.58. The van der Waals surface area contributed by atoms with Gasteiger partial charge in [0.15, 0.2) is 0 Å². The van der Waals surface area contributed by atoms with Gasteiger partial charge in [0.25, 0.3) is 0 Å². The predicted octanol–water partition coefficient (Wildman–Crippen LogP) is 6.07. The first kappa shape index (κ1) is 14.2. The maximum Gasteiger partial charge on any atom is 0.0708 e. The molecular weight excluding hydrogens is 278 g/mol. The van der Waals surface area contributed by atoms with Gasteiger partial charge in [-0.15, -0.1) is 0 Å². The maximum absolute atomic E-state index is 4.52. The van der Waals surface area contributed by atoms with Crippen molar-refractivity contribution in [3.05, 3.63) is 78.5 Å². The van der Waals surface area contributed by atoms with Gasteiger partial charge < -0.3 is 0 Å². The van der Waals surface area contributed by atoms with Crippen molar-refractivity contribution < 1.29 is 0 Å². The van der Waals surface area contributed by atoms with Crippen LogP contribution in [0.1, 0.15) is 37.2 Å². The van der Waals surface area contributed by atoms with E-state index in [0.717, 1.165) is 17.2 Å². The van der Waals surface area contributed by atoms with E-state index >= 15 is 0 Å². The Hall–Kier alpha value is -2.41. The van der Waals surface area contributed by atoms with Gasteiger partial charge in [-0.2, -0.15) is 0 Å². The molecule has 2 aromatic carbocycles. The van der Waals surface area contributed by atoms with Crippen LogP contribution in [0.15, 0.2) is 72.9 Å². The zero-order valence-corrected chi connectivity index (χ0v) is 13.3. The Balaban J connectivity index is 1.63. The lowest BCUT2D eigenvalue weighted by molar-refractivity contribution is 0.723. The van der Waals surface area contributed by atoms with E-state index in [1.807, 2.05) is 12.3 Å². The van der Waals surface area contributed by atoms with Crippen molar-refractivity contribution in [3.63, 3.8) is 0 Å². The summed E-state index contributed by atoms with van der Waals surface area (Å²) in [5.74, 6) is 0.779. The Morgan fingerprint density at radius 1 is 0.696 bits per heavy atom. The summed E-state index contributed by atoms with van der Waals surface area (Å²) in [4.78, 5) is 4.52. The zero-order valence-electron chi connectivity index (χ0n) is 13.3. The van der Waals surface area contributed by atoms with Gasteiger partial charge in [0.1, 0.15) is 0 Å². The number of rotatable bonds is 3. The van der Waals surface area contributed by atoms with Crippen LogP contribution in [0.3, 0.4) is 0 Å². The molecule has 0 saturated heterocycles. The molecule has 0 spiro atoms. The summed E-state index contributed by atoms with van der Waals surface area (Å²) in [6.45, 7) is 0. The fraction of sp³-hybridized carbons (Fsp3) is 0.227. The van der Waals surface area contributed by atoms with E-state index in [4.69, 9.17) is 0 Å². The van der Waals surface area contributed by atoms with Gasteiger partial charge in [-0.3, -0.25) is 4.98 Å². The number of hydrogen-bond donors (Lipinski definition) is 0. The van der Waals surface area contributed by atoms with E-state index in [1.54, 1.807) is 0 Å². The molecule has 0 unspecified atom stereocenters. The number of nitrogens with zero attached hydrogens (tertiary/aromatic N) is 1. The topological polar surface area (TPSA) is 12.9 Å². The summed E-state index contributed by atoms with van der Waals surface area (Å²) in [6.07, 6.45) is 7.39. The SMILES string of the molecule is c1ccc(-c2cc(-c3ccc(C4CCCC4)cc3)ccn2)cc1. The molecule has 0 atom stereocenters. The van der Waals surface area contributed by atoms with Crippen LogP contribution < -0.4 is 0 Å². The number of pyridine rings is 1. The van der Waals surface area contributed by atoms with Crippen LogP contribution in [-0.4, -0.2) is 4.98 Å². The molecule has 4 rings (SSSR count). The smallest absolute Gasteiger partial charge is 0.0708 e. The summed E-state index contributed by atoms with van der Waals surface area (Å²) in [7, 11) is 0. The molecule has 1 heterocycles. The average molecular weight is 299 g/mol. The van der Waals surface area contributed by atoms with Crippen LogP contribution in [0.4, 0.5) is 0 Å². The number of aromatic nitrogens is 1. The van der Waals surface area contributed by atoms with Gasteiger partial charge >= 0.3 is 0 Å². The average Bonchev–Trinajstić information content (AvgIpc) is 3.17. The predicted molar refractivity (Wildman–Crippen MR) is 96.3 cm³/mol. The Morgan fingerprint density at radius 2 is 1.43 bits per heavy atom. The molecular formula is C22H21N. The molecule has 0 radical (unpaired) electrons. The minimum atomic E-state index is 0.779. The Kier molecular flexibility index (Phi) is 3.94. The summed E-state index contributed by atoms with van der Waals surface area (Å²) in [6, 6.07) is 23.8. The van der Waals surface area contributed by atoms with Gasteiger partial charge in [0.2, 0.25) is 0 Å². The van der Waals surface area contributed by atoms with Crippen molar-refractivity contribution in [2.24, 2.45) is 0 Å². The first-order chi connectivity index (χ1) is 11.4. The number of benzene rings is 2. The molecule has 23 heavy (non-hydrogen) atoms.